The summed E-state index contributed by atoms with van der Waals surface area (Å²) < 4.78 is 0.719. The van der Waals surface area contributed by atoms with Crippen LogP contribution in [0.3, 0.4) is 0 Å². The van der Waals surface area contributed by atoms with E-state index in [1.54, 1.807) is 42.5 Å². The van der Waals surface area contributed by atoms with Crippen molar-refractivity contribution in [3.05, 3.63) is 52.5 Å². The Kier molecular flexibility index (Phi) is 4.44. The second-order valence-corrected chi connectivity index (χ2v) is 5.21. The summed E-state index contributed by atoms with van der Waals surface area (Å²) in [6.45, 7) is 0. The molecular formula is C14H13BrN4O2. The lowest BCUT2D eigenvalue weighted by Crippen LogP contribution is -2.19. The van der Waals surface area contributed by atoms with Gasteiger partial charge in [0.05, 0.1) is 0 Å². The third kappa shape index (κ3) is 4.22. The zero-order chi connectivity index (χ0) is 15.4. The van der Waals surface area contributed by atoms with Crippen LogP contribution in [0.2, 0.25) is 0 Å². The molecule has 0 saturated carbocycles. The number of carbonyl (C=O) groups is 2. The molecule has 0 aliphatic carbocycles. The fourth-order valence-electron chi connectivity index (χ4n) is 1.76. The molecule has 0 bridgehead atoms. The van der Waals surface area contributed by atoms with Gasteiger partial charge in [0.25, 0.3) is 5.91 Å². The van der Waals surface area contributed by atoms with Gasteiger partial charge >= 0.3 is 6.03 Å². The first-order valence-electron chi connectivity index (χ1n) is 5.98. The van der Waals surface area contributed by atoms with Gasteiger partial charge in [-0.3, -0.25) is 4.79 Å². The third-order valence-corrected chi connectivity index (χ3v) is 3.03. The van der Waals surface area contributed by atoms with Crippen LogP contribution in [0.1, 0.15) is 10.4 Å². The first-order valence-corrected chi connectivity index (χ1v) is 6.77. The maximum absolute atomic E-state index is 12.2. The largest absolute Gasteiger partial charge is 0.399 e. The van der Waals surface area contributed by atoms with E-state index >= 15 is 0 Å². The van der Waals surface area contributed by atoms with Gasteiger partial charge in [-0.2, -0.15) is 0 Å². The summed E-state index contributed by atoms with van der Waals surface area (Å²) in [6.07, 6.45) is 0. The maximum Gasteiger partial charge on any atom is 0.316 e. The van der Waals surface area contributed by atoms with E-state index in [2.05, 4.69) is 26.6 Å². The highest BCUT2D eigenvalue weighted by molar-refractivity contribution is 9.10. The number of halogens is 1. The number of nitrogen functional groups attached to an aromatic ring is 1. The van der Waals surface area contributed by atoms with Crippen LogP contribution in [0.25, 0.3) is 0 Å². The highest BCUT2D eigenvalue weighted by Gasteiger charge is 2.08. The normalized spacial score (nSPS) is 9.95. The van der Waals surface area contributed by atoms with Crippen molar-refractivity contribution in [2.24, 2.45) is 5.73 Å². The Hall–Kier alpha value is -2.54. The van der Waals surface area contributed by atoms with Gasteiger partial charge in [0.15, 0.2) is 0 Å². The second-order valence-electron chi connectivity index (χ2n) is 4.30. The summed E-state index contributed by atoms with van der Waals surface area (Å²) >= 11 is 3.28. The van der Waals surface area contributed by atoms with Crippen molar-refractivity contribution in [1.29, 1.82) is 0 Å². The van der Waals surface area contributed by atoms with Gasteiger partial charge in [0.2, 0.25) is 0 Å². The van der Waals surface area contributed by atoms with Gasteiger partial charge in [0.1, 0.15) is 0 Å². The Morgan fingerprint density at radius 3 is 2.29 bits per heavy atom. The summed E-state index contributed by atoms with van der Waals surface area (Å²) in [6, 6.07) is 10.9. The Balaban J connectivity index is 2.17. The first-order chi connectivity index (χ1) is 9.94. The fourth-order valence-corrected chi connectivity index (χ4v) is 2.27. The SMILES string of the molecule is NC(=O)Nc1cccc(NC(=O)c2cc(N)cc(Br)c2)c1. The summed E-state index contributed by atoms with van der Waals surface area (Å²) in [4.78, 5) is 23.0. The Morgan fingerprint density at radius 1 is 1.00 bits per heavy atom. The summed E-state index contributed by atoms with van der Waals surface area (Å²) in [5.74, 6) is -0.306. The van der Waals surface area contributed by atoms with Gasteiger partial charge in [-0.1, -0.05) is 22.0 Å². The zero-order valence-corrected chi connectivity index (χ0v) is 12.5. The van der Waals surface area contributed by atoms with Crippen molar-refractivity contribution in [3.63, 3.8) is 0 Å². The minimum absolute atomic E-state index is 0.306. The first kappa shape index (κ1) is 14.9. The van der Waals surface area contributed by atoms with Gasteiger partial charge in [-0.25, -0.2) is 4.79 Å². The molecule has 2 rings (SSSR count). The van der Waals surface area contributed by atoms with Crippen LogP contribution in [0.5, 0.6) is 0 Å². The van der Waals surface area contributed by atoms with Crippen molar-refractivity contribution in [2.75, 3.05) is 16.4 Å². The molecule has 6 nitrogen and oxygen atoms in total. The molecule has 3 amide bonds. The fraction of sp³-hybridized carbons (Fsp3) is 0. The van der Waals surface area contributed by atoms with Crippen molar-refractivity contribution >= 4 is 44.9 Å². The number of nitrogens with one attached hydrogen (secondary N) is 2. The quantitative estimate of drug-likeness (QED) is 0.640. The topological polar surface area (TPSA) is 110 Å². The number of benzene rings is 2. The molecule has 0 unspecified atom stereocenters. The number of urea groups is 1. The molecule has 6 N–H and O–H groups in total. The molecule has 0 saturated heterocycles. The zero-order valence-electron chi connectivity index (χ0n) is 10.9. The van der Waals surface area contributed by atoms with E-state index in [0.29, 0.717) is 22.6 Å². The van der Waals surface area contributed by atoms with Crippen LogP contribution in [0.4, 0.5) is 21.9 Å². The summed E-state index contributed by atoms with van der Waals surface area (Å²) in [7, 11) is 0. The molecule has 108 valence electrons. The highest BCUT2D eigenvalue weighted by atomic mass is 79.9. The molecule has 0 fully saturated rings. The number of primary amides is 1. The molecule has 0 spiro atoms. The van der Waals surface area contributed by atoms with Crippen molar-refractivity contribution in [2.45, 2.75) is 0 Å². The number of carbonyl (C=O) groups excluding carboxylic acids is 2. The van der Waals surface area contributed by atoms with Gasteiger partial charge in [-0.05, 0) is 36.4 Å². The van der Waals surface area contributed by atoms with Crippen molar-refractivity contribution < 1.29 is 9.59 Å². The predicted octanol–water partition coefficient (Wildman–Crippen LogP) is 2.77. The van der Waals surface area contributed by atoms with Crippen LogP contribution in [-0.2, 0) is 0 Å². The maximum atomic E-state index is 12.2. The van der Waals surface area contributed by atoms with E-state index in [4.69, 9.17) is 11.5 Å². The van der Waals surface area contributed by atoms with Crippen LogP contribution in [0, 0.1) is 0 Å². The average molecular weight is 349 g/mol. The van der Waals surface area contributed by atoms with Gasteiger partial charge in [0, 0.05) is 27.1 Å². The van der Waals surface area contributed by atoms with Crippen LogP contribution >= 0.6 is 15.9 Å². The number of hydrogen-bond donors (Lipinski definition) is 4. The monoisotopic (exact) mass is 348 g/mol. The van der Waals surface area contributed by atoms with E-state index in [0.717, 1.165) is 4.47 Å². The van der Waals surface area contributed by atoms with Crippen molar-refractivity contribution in [3.8, 4) is 0 Å². The molecule has 0 aliphatic rings. The molecule has 0 aromatic heterocycles. The Morgan fingerprint density at radius 2 is 1.67 bits per heavy atom. The lowest BCUT2D eigenvalue weighted by molar-refractivity contribution is 0.102. The van der Waals surface area contributed by atoms with E-state index in [1.807, 2.05) is 0 Å². The Labute approximate surface area is 129 Å². The number of rotatable bonds is 3. The lowest BCUT2D eigenvalue weighted by Gasteiger charge is -2.08. The van der Waals surface area contributed by atoms with Gasteiger partial charge in [-0.15, -0.1) is 0 Å². The standard InChI is InChI=1S/C14H13BrN4O2/c15-9-4-8(5-10(16)6-9)13(20)18-11-2-1-3-12(7-11)19-14(17)21/h1-7H,16H2,(H,18,20)(H3,17,19,21). The van der Waals surface area contributed by atoms with Crippen molar-refractivity contribution in [1.82, 2.24) is 0 Å². The predicted molar refractivity (Wildman–Crippen MR) is 86.2 cm³/mol. The summed E-state index contributed by atoms with van der Waals surface area (Å²) in [5.41, 5.74) is 12.7. The molecule has 2 aromatic carbocycles. The van der Waals surface area contributed by atoms with E-state index in [9.17, 15) is 9.59 Å². The van der Waals surface area contributed by atoms with Gasteiger partial charge < -0.3 is 22.1 Å². The van der Waals surface area contributed by atoms with Crippen LogP contribution < -0.4 is 22.1 Å². The Bertz CT molecular complexity index is 683. The van der Waals surface area contributed by atoms with Crippen LogP contribution in [0.15, 0.2) is 46.9 Å². The molecule has 7 heteroatoms. The molecule has 0 atom stereocenters. The molecule has 21 heavy (non-hydrogen) atoms. The molecule has 0 radical (unpaired) electrons. The minimum Gasteiger partial charge on any atom is -0.399 e. The van der Waals surface area contributed by atoms with Crippen LogP contribution in [-0.4, -0.2) is 11.9 Å². The molecular weight excluding hydrogens is 336 g/mol. The lowest BCUT2D eigenvalue weighted by atomic mass is 10.2. The number of hydrogen-bond acceptors (Lipinski definition) is 3. The summed E-state index contributed by atoms with van der Waals surface area (Å²) in [5, 5.41) is 5.16. The van der Waals surface area contributed by atoms with E-state index < -0.39 is 6.03 Å². The number of nitrogens with two attached hydrogens (primary N) is 2. The second kappa shape index (κ2) is 6.27. The van der Waals surface area contributed by atoms with E-state index in [-0.39, 0.29) is 5.91 Å². The number of anilines is 3. The highest BCUT2D eigenvalue weighted by Crippen LogP contribution is 2.20. The number of amides is 3. The third-order valence-electron chi connectivity index (χ3n) is 2.57. The van der Waals surface area contributed by atoms with E-state index in [1.165, 1.54) is 0 Å². The minimum atomic E-state index is -0.668. The average Bonchev–Trinajstić information content (AvgIpc) is 2.37. The molecule has 2 aromatic rings. The molecule has 0 heterocycles. The molecule has 0 aliphatic heterocycles. The smallest absolute Gasteiger partial charge is 0.316 e.